The highest BCUT2D eigenvalue weighted by Gasteiger charge is 2.18. The summed E-state index contributed by atoms with van der Waals surface area (Å²) < 4.78 is 0. The third kappa shape index (κ3) is 7.64. The van der Waals surface area contributed by atoms with Crippen molar-refractivity contribution >= 4 is 11.8 Å². The largest absolute Gasteiger partial charge is 0.349 e. The minimum absolute atomic E-state index is 0.00667. The number of carbonyl (C=O) groups is 2. The zero-order valence-electron chi connectivity index (χ0n) is 19.2. The zero-order valence-corrected chi connectivity index (χ0v) is 19.2. The van der Waals surface area contributed by atoms with Crippen molar-refractivity contribution in [2.75, 3.05) is 39.3 Å². The number of nitrogens with zero attached hydrogens (tertiary/aromatic N) is 1. The molecule has 0 atom stereocenters. The molecule has 178 valence electrons. The number of rotatable bonds is 5. The Morgan fingerprint density at radius 1 is 0.848 bits per heavy atom. The van der Waals surface area contributed by atoms with Crippen molar-refractivity contribution in [3.63, 3.8) is 0 Å². The Balaban J connectivity index is 0.000000186. The third-order valence-electron chi connectivity index (χ3n) is 5.91. The van der Waals surface area contributed by atoms with Crippen LogP contribution >= 0.6 is 0 Å². The van der Waals surface area contributed by atoms with E-state index in [0.717, 1.165) is 68.8 Å². The first-order chi connectivity index (χ1) is 16.1. The summed E-state index contributed by atoms with van der Waals surface area (Å²) in [5.74, 6) is 0.115. The number of piperazine rings is 1. The first-order valence-electron chi connectivity index (χ1n) is 11.7. The Kier molecular flexibility index (Phi) is 9.83. The summed E-state index contributed by atoms with van der Waals surface area (Å²) in [4.78, 5) is 26.0. The van der Waals surface area contributed by atoms with Gasteiger partial charge in [0.05, 0.1) is 0 Å². The molecule has 0 radical (unpaired) electrons. The summed E-state index contributed by atoms with van der Waals surface area (Å²) in [6, 6.07) is 15.3. The number of nitrogens with one attached hydrogen (secondary N) is 3. The van der Waals surface area contributed by atoms with Crippen molar-refractivity contribution in [2.45, 2.75) is 32.0 Å². The van der Waals surface area contributed by atoms with Gasteiger partial charge in [0.1, 0.15) is 0 Å². The van der Waals surface area contributed by atoms with E-state index >= 15 is 0 Å². The fourth-order valence-corrected chi connectivity index (χ4v) is 3.96. The maximum atomic E-state index is 12.1. The molecule has 2 aromatic rings. The van der Waals surface area contributed by atoms with E-state index in [-0.39, 0.29) is 11.8 Å². The van der Waals surface area contributed by atoms with E-state index in [1.165, 1.54) is 0 Å². The van der Waals surface area contributed by atoms with E-state index in [9.17, 15) is 9.59 Å². The Hall–Kier alpha value is -2.78. The van der Waals surface area contributed by atoms with Crippen LogP contribution in [0.3, 0.4) is 0 Å². The molecule has 2 aliphatic rings. The molecule has 0 aromatic heterocycles. The van der Waals surface area contributed by atoms with E-state index in [4.69, 9.17) is 11.5 Å². The Labute approximate surface area is 196 Å². The second-order valence-corrected chi connectivity index (χ2v) is 8.35. The van der Waals surface area contributed by atoms with Crippen LogP contribution in [0.1, 0.15) is 44.7 Å². The number of piperidine rings is 1. The molecular formula is C25H36N6O2. The summed E-state index contributed by atoms with van der Waals surface area (Å²) in [6.45, 7) is 6.22. The fraction of sp³-hybridized carbons (Fsp3) is 0.440. The summed E-state index contributed by atoms with van der Waals surface area (Å²) in [5, 5.41) is 9.57. The molecule has 0 saturated carbocycles. The third-order valence-corrected chi connectivity index (χ3v) is 5.91. The average Bonchev–Trinajstić information content (AvgIpc) is 2.89. The molecule has 2 amide bonds. The summed E-state index contributed by atoms with van der Waals surface area (Å²) >= 11 is 0. The van der Waals surface area contributed by atoms with Crippen LogP contribution in [0.2, 0.25) is 0 Å². The fourth-order valence-electron chi connectivity index (χ4n) is 3.96. The molecule has 2 fully saturated rings. The van der Waals surface area contributed by atoms with E-state index in [2.05, 4.69) is 16.0 Å². The molecule has 2 heterocycles. The number of benzene rings is 2. The molecule has 0 aliphatic carbocycles. The van der Waals surface area contributed by atoms with E-state index in [1.807, 2.05) is 53.4 Å². The van der Waals surface area contributed by atoms with Gasteiger partial charge in [0.2, 0.25) is 0 Å². The number of hydrogen-bond acceptors (Lipinski definition) is 6. The maximum Gasteiger partial charge on any atom is 0.253 e. The number of hydrogen-bond donors (Lipinski definition) is 5. The smallest absolute Gasteiger partial charge is 0.253 e. The summed E-state index contributed by atoms with van der Waals surface area (Å²) in [5.41, 5.74) is 14.6. The van der Waals surface area contributed by atoms with Crippen LogP contribution in [0.5, 0.6) is 0 Å². The van der Waals surface area contributed by atoms with Gasteiger partial charge in [-0.15, -0.1) is 0 Å². The van der Waals surface area contributed by atoms with Gasteiger partial charge in [-0.05, 0) is 61.3 Å². The predicted molar refractivity (Wildman–Crippen MR) is 131 cm³/mol. The van der Waals surface area contributed by atoms with Gasteiger partial charge in [-0.3, -0.25) is 9.59 Å². The molecule has 4 rings (SSSR count). The standard InChI is InChI=1S/C13H19N3O.C12H17N3O/c14-9-10-2-1-3-11(8-10)13(17)16-12-4-6-15-7-5-12;13-9-10-2-1-3-11(8-10)12(16)15-6-4-14-5-7-15/h1-3,8,12,15H,4-7,9,14H2,(H,16,17);1-3,8,14H,4-7,9,13H2. The molecule has 33 heavy (non-hydrogen) atoms. The number of amides is 2. The second-order valence-electron chi connectivity index (χ2n) is 8.35. The van der Waals surface area contributed by atoms with Crippen LogP contribution in [0, 0.1) is 0 Å². The van der Waals surface area contributed by atoms with Gasteiger partial charge in [0.15, 0.2) is 0 Å². The zero-order chi connectivity index (χ0) is 23.5. The van der Waals surface area contributed by atoms with Gasteiger partial charge in [0, 0.05) is 56.4 Å². The molecule has 0 unspecified atom stereocenters. The lowest BCUT2D eigenvalue weighted by Crippen LogP contribution is -2.46. The van der Waals surface area contributed by atoms with Crippen LogP contribution in [0.15, 0.2) is 48.5 Å². The van der Waals surface area contributed by atoms with Crippen molar-refractivity contribution < 1.29 is 9.59 Å². The minimum atomic E-state index is 0.00667. The van der Waals surface area contributed by atoms with Crippen molar-refractivity contribution in [1.29, 1.82) is 0 Å². The molecule has 8 heteroatoms. The Morgan fingerprint density at radius 2 is 1.39 bits per heavy atom. The highest BCUT2D eigenvalue weighted by atomic mass is 16.2. The maximum absolute atomic E-state index is 12.1. The molecule has 2 saturated heterocycles. The van der Waals surface area contributed by atoms with Crippen molar-refractivity contribution in [3.05, 3.63) is 70.8 Å². The second kappa shape index (κ2) is 13.1. The Bertz CT molecular complexity index is 907. The van der Waals surface area contributed by atoms with Crippen LogP contribution in [-0.2, 0) is 13.1 Å². The van der Waals surface area contributed by atoms with Gasteiger partial charge in [0.25, 0.3) is 11.8 Å². The van der Waals surface area contributed by atoms with Gasteiger partial charge in [-0.2, -0.15) is 0 Å². The van der Waals surface area contributed by atoms with Crippen molar-refractivity contribution in [1.82, 2.24) is 20.9 Å². The summed E-state index contributed by atoms with van der Waals surface area (Å²) in [7, 11) is 0. The predicted octanol–water partition coefficient (Wildman–Crippen LogP) is 0.818. The normalized spacial score (nSPS) is 16.5. The van der Waals surface area contributed by atoms with E-state index in [1.54, 1.807) is 0 Å². The number of carbonyl (C=O) groups excluding carboxylic acids is 2. The minimum Gasteiger partial charge on any atom is -0.349 e. The lowest BCUT2D eigenvalue weighted by Gasteiger charge is -2.27. The van der Waals surface area contributed by atoms with E-state index < -0.39 is 0 Å². The highest BCUT2D eigenvalue weighted by Crippen LogP contribution is 2.09. The van der Waals surface area contributed by atoms with Crippen LogP contribution in [0.25, 0.3) is 0 Å². The highest BCUT2D eigenvalue weighted by molar-refractivity contribution is 5.95. The number of nitrogens with two attached hydrogens (primary N) is 2. The molecule has 0 bridgehead atoms. The molecule has 7 N–H and O–H groups in total. The van der Waals surface area contributed by atoms with Gasteiger partial charge in [-0.1, -0.05) is 24.3 Å². The van der Waals surface area contributed by atoms with E-state index in [0.29, 0.717) is 24.7 Å². The van der Waals surface area contributed by atoms with Crippen LogP contribution < -0.4 is 27.4 Å². The monoisotopic (exact) mass is 452 g/mol. The first kappa shape index (κ1) is 24.9. The van der Waals surface area contributed by atoms with Crippen LogP contribution in [-0.4, -0.2) is 62.0 Å². The van der Waals surface area contributed by atoms with Crippen LogP contribution in [0.4, 0.5) is 0 Å². The average molecular weight is 453 g/mol. The molecule has 2 aliphatic heterocycles. The van der Waals surface area contributed by atoms with Crippen molar-refractivity contribution in [3.8, 4) is 0 Å². The molecule has 8 nitrogen and oxygen atoms in total. The van der Waals surface area contributed by atoms with Gasteiger partial charge < -0.3 is 32.3 Å². The Morgan fingerprint density at radius 3 is 2.00 bits per heavy atom. The SMILES string of the molecule is NCc1cccc(C(=O)N2CCNCC2)c1.NCc1cccc(C(=O)NC2CCNCC2)c1. The molecule has 0 spiro atoms. The molecular weight excluding hydrogens is 416 g/mol. The topological polar surface area (TPSA) is 126 Å². The lowest BCUT2D eigenvalue weighted by molar-refractivity contribution is 0.0735. The first-order valence-corrected chi connectivity index (χ1v) is 11.7. The lowest BCUT2D eigenvalue weighted by atomic mass is 10.1. The quantitative estimate of drug-likeness (QED) is 0.457. The van der Waals surface area contributed by atoms with Gasteiger partial charge in [-0.25, -0.2) is 0 Å². The molecule has 2 aromatic carbocycles. The summed E-state index contributed by atoms with van der Waals surface area (Å²) in [6.07, 6.45) is 2.00. The van der Waals surface area contributed by atoms with Crippen molar-refractivity contribution in [2.24, 2.45) is 11.5 Å². The van der Waals surface area contributed by atoms with Gasteiger partial charge >= 0.3 is 0 Å².